The number of hydrogen-bond donors (Lipinski definition) is 1. The second kappa shape index (κ2) is 10.8. The number of amidine groups is 1. The van der Waals surface area contributed by atoms with E-state index in [0.717, 1.165) is 17.7 Å². The van der Waals surface area contributed by atoms with Crippen LogP contribution < -0.4 is 0 Å². The Morgan fingerprint density at radius 3 is 2.49 bits per heavy atom. The molecule has 0 aliphatic carbocycles. The predicted octanol–water partition coefficient (Wildman–Crippen LogP) is 2.65. The van der Waals surface area contributed by atoms with E-state index < -0.39 is 60.1 Å². The zero-order valence-electron chi connectivity index (χ0n) is 21.2. The third-order valence-corrected chi connectivity index (χ3v) is 6.71. The van der Waals surface area contributed by atoms with E-state index in [1.807, 2.05) is 30.3 Å². The molecule has 2 aliphatic rings. The minimum absolute atomic E-state index is 0.0130. The molecule has 206 valence electrons. The van der Waals surface area contributed by atoms with Crippen LogP contribution in [-0.4, -0.2) is 81.9 Å². The molecule has 2 fully saturated rings. The highest BCUT2D eigenvalue weighted by molar-refractivity contribution is 5.95. The van der Waals surface area contributed by atoms with Crippen LogP contribution in [0.2, 0.25) is 0 Å². The number of carbonyl (C=O) groups is 1. The molecule has 3 heterocycles. The SMILES string of the molecule is CC(=NC(=O)C1OC2COC(c3ccccc3)OC2C(n2cc(-c3cc(F)c(F)c(F)c3)nn2)C1O)N(C)C. The number of aliphatic hydroxyl groups is 1. The van der Waals surface area contributed by atoms with Gasteiger partial charge in [-0.3, -0.25) is 4.79 Å². The summed E-state index contributed by atoms with van der Waals surface area (Å²) >= 11 is 0. The molecule has 6 atom stereocenters. The van der Waals surface area contributed by atoms with Gasteiger partial charge in [0.15, 0.2) is 29.8 Å². The van der Waals surface area contributed by atoms with Gasteiger partial charge in [-0.1, -0.05) is 35.5 Å². The third-order valence-electron chi connectivity index (χ3n) is 6.71. The number of hydrogen-bond acceptors (Lipinski definition) is 7. The van der Waals surface area contributed by atoms with Crippen molar-refractivity contribution >= 4 is 11.7 Å². The van der Waals surface area contributed by atoms with Crippen LogP contribution in [0.4, 0.5) is 13.2 Å². The van der Waals surface area contributed by atoms with E-state index in [2.05, 4.69) is 15.3 Å². The van der Waals surface area contributed by atoms with Crippen LogP contribution in [0.3, 0.4) is 0 Å². The lowest BCUT2D eigenvalue weighted by Crippen LogP contribution is -2.61. The molecule has 1 aromatic heterocycles. The lowest BCUT2D eigenvalue weighted by atomic mass is 9.91. The largest absolute Gasteiger partial charge is 0.387 e. The van der Waals surface area contributed by atoms with Crippen molar-refractivity contribution in [3.63, 3.8) is 0 Å². The van der Waals surface area contributed by atoms with Gasteiger partial charge in [0.25, 0.3) is 5.91 Å². The molecule has 39 heavy (non-hydrogen) atoms. The van der Waals surface area contributed by atoms with Crippen LogP contribution in [0.15, 0.2) is 53.7 Å². The van der Waals surface area contributed by atoms with Crippen LogP contribution in [0.5, 0.6) is 0 Å². The van der Waals surface area contributed by atoms with Gasteiger partial charge in [-0.05, 0) is 19.1 Å². The van der Waals surface area contributed by atoms with Gasteiger partial charge in [0, 0.05) is 25.2 Å². The van der Waals surface area contributed by atoms with Crippen LogP contribution in [0.1, 0.15) is 24.8 Å². The molecule has 2 aromatic carbocycles. The van der Waals surface area contributed by atoms with Gasteiger partial charge < -0.3 is 24.2 Å². The van der Waals surface area contributed by atoms with E-state index in [1.54, 1.807) is 25.9 Å². The van der Waals surface area contributed by atoms with Crippen molar-refractivity contribution < 1.29 is 37.3 Å². The van der Waals surface area contributed by atoms with Crippen molar-refractivity contribution in [1.82, 2.24) is 19.9 Å². The summed E-state index contributed by atoms with van der Waals surface area (Å²) in [5.74, 6) is -4.69. The molecule has 5 rings (SSSR count). The minimum Gasteiger partial charge on any atom is -0.387 e. The summed E-state index contributed by atoms with van der Waals surface area (Å²) in [5, 5.41) is 19.4. The number of amides is 1. The monoisotopic (exact) mass is 545 g/mol. The summed E-state index contributed by atoms with van der Waals surface area (Å²) in [5.41, 5.74) is 0.675. The summed E-state index contributed by atoms with van der Waals surface area (Å²) in [6, 6.07) is 9.67. The predicted molar refractivity (Wildman–Crippen MR) is 131 cm³/mol. The van der Waals surface area contributed by atoms with Gasteiger partial charge in [-0.2, -0.15) is 4.99 Å². The topological polar surface area (TPSA) is 111 Å². The van der Waals surface area contributed by atoms with Crippen molar-refractivity contribution in [3.05, 3.63) is 71.7 Å². The van der Waals surface area contributed by atoms with Gasteiger partial charge >= 0.3 is 0 Å². The van der Waals surface area contributed by atoms with Gasteiger partial charge in [0.05, 0.1) is 12.8 Å². The zero-order chi connectivity index (χ0) is 27.8. The molecule has 6 unspecified atom stereocenters. The van der Waals surface area contributed by atoms with E-state index in [-0.39, 0.29) is 17.9 Å². The molecule has 10 nitrogen and oxygen atoms in total. The Kier molecular flexibility index (Phi) is 7.49. The molecular weight excluding hydrogens is 519 g/mol. The number of aromatic nitrogens is 3. The lowest BCUT2D eigenvalue weighted by molar-refractivity contribution is -0.312. The Balaban J connectivity index is 1.51. The fraction of sp³-hybridized carbons (Fsp3) is 0.385. The molecule has 2 saturated heterocycles. The number of rotatable bonds is 4. The summed E-state index contributed by atoms with van der Waals surface area (Å²) in [7, 11) is 3.43. The molecule has 0 radical (unpaired) electrons. The Labute approximate surface area is 221 Å². The Morgan fingerprint density at radius 2 is 1.82 bits per heavy atom. The van der Waals surface area contributed by atoms with E-state index in [9.17, 15) is 23.1 Å². The molecule has 0 bridgehead atoms. The highest BCUT2D eigenvalue weighted by atomic mass is 19.2. The standard InChI is InChI=1S/C26H26F3N5O5/c1-13(33(2)3)30-25(36)24-22(35)21(23-19(38-24)12-37-26(39-23)14-7-5-4-6-8-14)34-11-18(31-32-34)15-9-16(27)20(29)17(28)10-15/h4-11,19,21-24,26,35H,12H2,1-3H3. The summed E-state index contributed by atoms with van der Waals surface area (Å²) in [6.07, 6.45) is -4.01. The Bertz CT molecular complexity index is 1360. The van der Waals surface area contributed by atoms with Gasteiger partial charge in [0.2, 0.25) is 0 Å². The maximum absolute atomic E-state index is 13.9. The van der Waals surface area contributed by atoms with Crippen LogP contribution in [-0.2, 0) is 19.0 Å². The molecule has 3 aromatic rings. The first-order valence-electron chi connectivity index (χ1n) is 12.1. The minimum atomic E-state index is -1.61. The first-order chi connectivity index (χ1) is 18.6. The van der Waals surface area contributed by atoms with Crippen molar-refractivity contribution in [2.45, 2.75) is 43.7 Å². The second-order valence-corrected chi connectivity index (χ2v) is 9.48. The average molecular weight is 546 g/mol. The molecule has 2 aliphatic heterocycles. The maximum atomic E-state index is 13.9. The van der Waals surface area contributed by atoms with Crippen LogP contribution in [0, 0.1) is 17.5 Å². The fourth-order valence-electron chi connectivity index (χ4n) is 4.48. The van der Waals surface area contributed by atoms with Crippen molar-refractivity contribution in [3.8, 4) is 11.3 Å². The van der Waals surface area contributed by atoms with E-state index >= 15 is 0 Å². The van der Waals surface area contributed by atoms with Gasteiger partial charge in [-0.25, -0.2) is 17.9 Å². The van der Waals surface area contributed by atoms with E-state index in [0.29, 0.717) is 5.84 Å². The van der Waals surface area contributed by atoms with E-state index in [4.69, 9.17) is 14.2 Å². The van der Waals surface area contributed by atoms with Gasteiger partial charge in [0.1, 0.15) is 35.9 Å². The molecule has 0 spiro atoms. The third kappa shape index (κ3) is 5.30. The van der Waals surface area contributed by atoms with Crippen LogP contribution in [0.25, 0.3) is 11.3 Å². The quantitative estimate of drug-likeness (QED) is 0.303. The molecule has 1 N–H and O–H groups in total. The first-order valence-corrected chi connectivity index (χ1v) is 12.1. The highest BCUT2D eigenvalue weighted by Crippen LogP contribution is 2.39. The number of aliphatic imine (C=N–C) groups is 1. The van der Waals surface area contributed by atoms with Crippen molar-refractivity contribution in [2.24, 2.45) is 4.99 Å². The number of fused-ring (bicyclic) bond motifs is 1. The summed E-state index contributed by atoms with van der Waals surface area (Å²) in [6.45, 7) is 1.67. The average Bonchev–Trinajstić information content (AvgIpc) is 3.41. The smallest absolute Gasteiger partial charge is 0.279 e. The van der Waals surface area contributed by atoms with Crippen molar-refractivity contribution in [2.75, 3.05) is 20.7 Å². The summed E-state index contributed by atoms with van der Waals surface area (Å²) < 4.78 is 60.5. The molecule has 1 amide bonds. The molecular formula is C26H26F3N5O5. The zero-order valence-corrected chi connectivity index (χ0v) is 21.2. The number of halogens is 3. The number of nitrogens with zero attached hydrogens (tertiary/aromatic N) is 5. The van der Waals surface area contributed by atoms with E-state index in [1.165, 1.54) is 10.9 Å². The highest BCUT2D eigenvalue weighted by Gasteiger charge is 2.53. The fourth-order valence-corrected chi connectivity index (χ4v) is 4.48. The normalized spacial score (nSPS) is 27.2. The number of ether oxygens (including phenoxy) is 3. The first kappa shape index (κ1) is 26.9. The lowest BCUT2D eigenvalue weighted by Gasteiger charge is -2.47. The van der Waals surface area contributed by atoms with Gasteiger partial charge in [-0.15, -0.1) is 5.10 Å². The van der Waals surface area contributed by atoms with Crippen LogP contribution >= 0.6 is 0 Å². The number of aliphatic hydroxyl groups excluding tert-OH is 1. The summed E-state index contributed by atoms with van der Waals surface area (Å²) in [4.78, 5) is 18.7. The Morgan fingerprint density at radius 1 is 1.13 bits per heavy atom. The maximum Gasteiger partial charge on any atom is 0.279 e. The second-order valence-electron chi connectivity index (χ2n) is 9.48. The Hall–Kier alpha value is -3.65. The molecule has 13 heteroatoms. The number of carbonyl (C=O) groups excluding carboxylic acids is 1. The number of benzene rings is 2. The van der Waals surface area contributed by atoms with Crippen molar-refractivity contribution in [1.29, 1.82) is 0 Å². The molecule has 0 saturated carbocycles.